The van der Waals surface area contributed by atoms with Crippen LogP contribution in [0.25, 0.3) is 0 Å². The van der Waals surface area contributed by atoms with Crippen molar-refractivity contribution in [3.05, 3.63) is 89.5 Å². The van der Waals surface area contributed by atoms with Crippen LogP contribution in [0.5, 0.6) is 0 Å². The number of anilines is 2. The van der Waals surface area contributed by atoms with Gasteiger partial charge in [0.15, 0.2) is 0 Å². The van der Waals surface area contributed by atoms with Gasteiger partial charge in [-0.25, -0.2) is 4.39 Å². The zero-order valence-electron chi connectivity index (χ0n) is 15.6. The molecule has 0 fully saturated rings. The van der Waals surface area contributed by atoms with Crippen molar-refractivity contribution in [2.45, 2.75) is 19.3 Å². The standard InChI is InChI=1S/C23H22FN3O/c24-21-9-3-1-6-17(21)11-12-26-23(28)19-14-20(16-25-15-19)27-13-5-8-18-7-2-4-10-22(18)27/h1-4,6-7,9-10,14-16H,5,8,11-13H2,(H,26,28). The molecular weight excluding hydrogens is 353 g/mol. The molecule has 1 amide bonds. The topological polar surface area (TPSA) is 45.2 Å². The molecule has 1 aromatic heterocycles. The summed E-state index contributed by atoms with van der Waals surface area (Å²) in [4.78, 5) is 19.0. The number of rotatable bonds is 5. The molecule has 28 heavy (non-hydrogen) atoms. The predicted molar refractivity (Wildman–Crippen MR) is 108 cm³/mol. The minimum atomic E-state index is -0.246. The van der Waals surface area contributed by atoms with Gasteiger partial charge in [0.2, 0.25) is 0 Å². The van der Waals surface area contributed by atoms with Gasteiger partial charge in [-0.15, -0.1) is 0 Å². The first-order valence-corrected chi connectivity index (χ1v) is 9.54. The van der Waals surface area contributed by atoms with E-state index in [-0.39, 0.29) is 11.7 Å². The van der Waals surface area contributed by atoms with E-state index in [2.05, 4.69) is 33.4 Å². The van der Waals surface area contributed by atoms with Gasteiger partial charge in [-0.2, -0.15) is 0 Å². The summed E-state index contributed by atoms with van der Waals surface area (Å²) in [5.74, 6) is -0.444. The molecule has 1 N–H and O–H groups in total. The third-order valence-corrected chi connectivity index (χ3v) is 5.05. The molecule has 0 unspecified atom stereocenters. The summed E-state index contributed by atoms with van der Waals surface area (Å²) in [6, 6.07) is 16.8. The molecule has 4 nitrogen and oxygen atoms in total. The number of halogens is 1. The number of amides is 1. The van der Waals surface area contributed by atoms with Gasteiger partial charge in [-0.05, 0) is 48.6 Å². The van der Waals surface area contributed by atoms with E-state index < -0.39 is 0 Å². The predicted octanol–water partition coefficient (Wildman–Crippen LogP) is 4.28. The van der Waals surface area contributed by atoms with E-state index in [0.717, 1.165) is 25.1 Å². The third-order valence-electron chi connectivity index (χ3n) is 5.05. The summed E-state index contributed by atoms with van der Waals surface area (Å²) in [7, 11) is 0. The molecule has 0 aliphatic carbocycles. The monoisotopic (exact) mass is 375 g/mol. The molecule has 0 radical (unpaired) electrons. The average molecular weight is 375 g/mol. The fourth-order valence-corrected chi connectivity index (χ4v) is 3.62. The molecule has 3 aromatic rings. The minimum absolute atomic E-state index is 0.198. The van der Waals surface area contributed by atoms with E-state index in [4.69, 9.17) is 0 Å². The molecule has 0 spiro atoms. The van der Waals surface area contributed by atoms with E-state index in [1.165, 1.54) is 17.3 Å². The van der Waals surface area contributed by atoms with Crippen LogP contribution in [0.1, 0.15) is 27.9 Å². The molecule has 5 heteroatoms. The second kappa shape index (κ2) is 8.21. The molecule has 142 valence electrons. The minimum Gasteiger partial charge on any atom is -0.352 e. The Labute approximate surface area is 164 Å². The van der Waals surface area contributed by atoms with Gasteiger partial charge in [-0.3, -0.25) is 9.78 Å². The summed E-state index contributed by atoms with van der Waals surface area (Å²) < 4.78 is 13.7. The first-order valence-electron chi connectivity index (χ1n) is 9.54. The number of carbonyl (C=O) groups excluding carboxylic acids is 1. The molecule has 4 rings (SSSR count). The quantitative estimate of drug-likeness (QED) is 0.724. The van der Waals surface area contributed by atoms with Crippen LogP contribution in [0, 0.1) is 5.82 Å². The first kappa shape index (κ1) is 18.2. The second-order valence-electron chi connectivity index (χ2n) is 6.91. The number of nitrogens with one attached hydrogen (secondary N) is 1. The molecule has 0 bridgehead atoms. The lowest BCUT2D eigenvalue weighted by Gasteiger charge is -2.31. The largest absolute Gasteiger partial charge is 0.352 e. The number of aromatic nitrogens is 1. The van der Waals surface area contributed by atoms with Crippen LogP contribution >= 0.6 is 0 Å². The fourth-order valence-electron chi connectivity index (χ4n) is 3.62. The van der Waals surface area contributed by atoms with Crippen LogP contribution in [0.4, 0.5) is 15.8 Å². The zero-order valence-corrected chi connectivity index (χ0v) is 15.6. The van der Waals surface area contributed by atoms with Crippen molar-refractivity contribution in [3.63, 3.8) is 0 Å². The smallest absolute Gasteiger partial charge is 0.252 e. The Hall–Kier alpha value is -3.21. The SMILES string of the molecule is O=C(NCCc1ccccc1F)c1cncc(N2CCCc3ccccc32)c1. The van der Waals surface area contributed by atoms with Crippen molar-refractivity contribution >= 4 is 17.3 Å². The number of nitrogens with zero attached hydrogens (tertiary/aromatic N) is 2. The number of aryl methyl sites for hydroxylation is 1. The maximum atomic E-state index is 13.7. The van der Waals surface area contributed by atoms with Crippen molar-refractivity contribution in [2.24, 2.45) is 0 Å². The van der Waals surface area contributed by atoms with Crippen molar-refractivity contribution < 1.29 is 9.18 Å². The molecule has 2 heterocycles. The van der Waals surface area contributed by atoms with Gasteiger partial charge in [0.25, 0.3) is 5.91 Å². The van der Waals surface area contributed by atoms with Crippen LogP contribution in [-0.4, -0.2) is 24.0 Å². The number of fused-ring (bicyclic) bond motifs is 1. The fraction of sp³-hybridized carbons (Fsp3) is 0.217. The van der Waals surface area contributed by atoms with Gasteiger partial charge < -0.3 is 10.2 Å². The highest BCUT2D eigenvalue weighted by Crippen LogP contribution is 2.33. The van der Waals surface area contributed by atoms with E-state index in [9.17, 15) is 9.18 Å². The Balaban J connectivity index is 1.45. The van der Waals surface area contributed by atoms with Crippen LogP contribution < -0.4 is 10.2 Å². The maximum Gasteiger partial charge on any atom is 0.252 e. The Kier molecular flexibility index (Phi) is 5.33. The summed E-state index contributed by atoms with van der Waals surface area (Å²) >= 11 is 0. The third kappa shape index (κ3) is 3.88. The van der Waals surface area contributed by atoms with Crippen LogP contribution in [-0.2, 0) is 12.8 Å². The number of benzene rings is 2. The molecule has 0 atom stereocenters. The highest BCUT2D eigenvalue weighted by Gasteiger charge is 2.19. The number of hydrogen-bond acceptors (Lipinski definition) is 3. The number of hydrogen-bond donors (Lipinski definition) is 1. The molecule has 0 saturated carbocycles. The molecule has 2 aromatic carbocycles. The highest BCUT2D eigenvalue weighted by molar-refractivity contribution is 5.95. The molecular formula is C23H22FN3O. The van der Waals surface area contributed by atoms with Crippen molar-refractivity contribution in [3.8, 4) is 0 Å². The highest BCUT2D eigenvalue weighted by atomic mass is 19.1. The number of para-hydroxylation sites is 1. The first-order chi connectivity index (χ1) is 13.7. The number of carbonyl (C=O) groups is 1. The lowest BCUT2D eigenvalue weighted by atomic mass is 10.0. The van der Waals surface area contributed by atoms with E-state index >= 15 is 0 Å². The lowest BCUT2D eigenvalue weighted by Crippen LogP contribution is -2.27. The Bertz CT molecular complexity index is 989. The molecule has 1 aliphatic heterocycles. The van der Waals surface area contributed by atoms with E-state index in [0.29, 0.717) is 24.1 Å². The summed E-state index contributed by atoms with van der Waals surface area (Å²) in [6.45, 7) is 1.27. The van der Waals surface area contributed by atoms with Crippen molar-refractivity contribution in [1.82, 2.24) is 10.3 Å². The van der Waals surface area contributed by atoms with Gasteiger partial charge in [0.05, 0.1) is 17.4 Å². The summed E-state index contributed by atoms with van der Waals surface area (Å²) in [5, 5.41) is 2.86. The Morgan fingerprint density at radius 1 is 1.11 bits per heavy atom. The van der Waals surface area contributed by atoms with Crippen molar-refractivity contribution in [2.75, 3.05) is 18.0 Å². The Morgan fingerprint density at radius 3 is 2.82 bits per heavy atom. The average Bonchev–Trinajstić information content (AvgIpc) is 2.74. The molecule has 0 saturated heterocycles. The summed E-state index contributed by atoms with van der Waals surface area (Å²) in [5.41, 5.74) is 4.50. The van der Waals surface area contributed by atoms with Crippen molar-refractivity contribution in [1.29, 1.82) is 0 Å². The lowest BCUT2D eigenvalue weighted by molar-refractivity contribution is 0.0953. The van der Waals surface area contributed by atoms with Gasteiger partial charge in [0, 0.05) is 25.0 Å². The van der Waals surface area contributed by atoms with Gasteiger partial charge in [0.1, 0.15) is 5.82 Å². The van der Waals surface area contributed by atoms with Crippen LogP contribution in [0.15, 0.2) is 67.0 Å². The second-order valence-corrected chi connectivity index (χ2v) is 6.91. The Morgan fingerprint density at radius 2 is 1.93 bits per heavy atom. The number of pyridine rings is 1. The maximum absolute atomic E-state index is 13.7. The summed E-state index contributed by atoms with van der Waals surface area (Å²) in [6.07, 6.45) is 5.94. The van der Waals surface area contributed by atoms with Gasteiger partial charge >= 0.3 is 0 Å². The van der Waals surface area contributed by atoms with Gasteiger partial charge in [-0.1, -0.05) is 36.4 Å². The zero-order chi connectivity index (χ0) is 19.3. The van der Waals surface area contributed by atoms with Crippen LogP contribution in [0.3, 0.4) is 0 Å². The van der Waals surface area contributed by atoms with E-state index in [1.807, 2.05) is 12.1 Å². The molecule has 1 aliphatic rings. The van der Waals surface area contributed by atoms with Crippen LogP contribution in [0.2, 0.25) is 0 Å². The van der Waals surface area contributed by atoms with E-state index in [1.54, 1.807) is 30.6 Å². The normalized spacial score (nSPS) is 13.1.